The van der Waals surface area contributed by atoms with Crippen LogP contribution in [0.3, 0.4) is 0 Å². The van der Waals surface area contributed by atoms with E-state index in [0.29, 0.717) is 11.5 Å². The van der Waals surface area contributed by atoms with Crippen molar-refractivity contribution in [3.63, 3.8) is 0 Å². The van der Waals surface area contributed by atoms with Gasteiger partial charge in [-0.1, -0.05) is 30.3 Å². The van der Waals surface area contributed by atoms with Crippen LogP contribution in [0.1, 0.15) is 26.1 Å². The van der Waals surface area contributed by atoms with Gasteiger partial charge in [-0.2, -0.15) is 0 Å². The number of amides is 1. The van der Waals surface area contributed by atoms with Crippen molar-refractivity contribution in [3.8, 4) is 23.0 Å². The number of ether oxygens (including phenoxy) is 4. The van der Waals surface area contributed by atoms with Crippen molar-refractivity contribution < 1.29 is 36.4 Å². The third-order valence-corrected chi connectivity index (χ3v) is 5.61. The van der Waals surface area contributed by atoms with E-state index in [-0.39, 0.29) is 43.2 Å². The molecule has 170 valence electrons. The maximum absolute atomic E-state index is 14.2. The molecule has 0 aromatic heterocycles. The molecule has 0 aliphatic carbocycles. The number of carbonyl (C=O) groups is 1. The molecule has 3 aromatic carbocycles. The quantitative estimate of drug-likeness (QED) is 0.527. The van der Waals surface area contributed by atoms with Gasteiger partial charge in [0.2, 0.25) is 6.75 Å². The first-order valence-electron chi connectivity index (χ1n) is 13.5. The third-order valence-electron chi connectivity index (χ3n) is 5.61. The summed E-state index contributed by atoms with van der Waals surface area (Å²) in [5.41, 5.74) is 0.0648. The predicted molar refractivity (Wildman–Crippen MR) is 119 cm³/mol. The van der Waals surface area contributed by atoms with Gasteiger partial charge in [-0.25, -0.2) is 9.18 Å². The number of para-hydroxylation sites is 1. The Hall–Kier alpha value is -3.74. The molecular weight excluding hydrogens is 425 g/mol. The summed E-state index contributed by atoms with van der Waals surface area (Å²) >= 11 is 0. The highest BCUT2D eigenvalue weighted by molar-refractivity contribution is 5.70. The zero-order valence-corrected chi connectivity index (χ0v) is 17.5. The van der Waals surface area contributed by atoms with Crippen molar-refractivity contribution in [2.45, 2.75) is 12.3 Å². The molecular formula is C26H24FNO5. The van der Waals surface area contributed by atoms with Gasteiger partial charge < -0.3 is 23.8 Å². The Bertz CT molecular complexity index is 1380. The zero-order chi connectivity index (χ0) is 27.9. The van der Waals surface area contributed by atoms with Crippen molar-refractivity contribution in [2.24, 2.45) is 5.92 Å². The topological polar surface area (TPSA) is 57.2 Å². The molecule has 2 aliphatic rings. The maximum Gasteiger partial charge on any atom is 0.415 e. The van der Waals surface area contributed by atoms with Crippen LogP contribution in [0.2, 0.25) is 0 Å². The Kier molecular flexibility index (Phi) is 4.32. The third kappa shape index (κ3) is 4.87. The van der Waals surface area contributed by atoms with E-state index >= 15 is 0 Å². The van der Waals surface area contributed by atoms with Crippen LogP contribution >= 0.6 is 0 Å². The molecule has 0 spiro atoms. The van der Waals surface area contributed by atoms with Crippen LogP contribution in [-0.2, 0) is 0 Å². The second-order valence-corrected chi connectivity index (χ2v) is 7.72. The molecule has 7 heteroatoms. The van der Waals surface area contributed by atoms with E-state index in [9.17, 15) is 9.18 Å². The van der Waals surface area contributed by atoms with E-state index < -0.39 is 54.7 Å². The highest BCUT2D eigenvalue weighted by Crippen LogP contribution is 2.37. The minimum absolute atomic E-state index is 0.0107. The fourth-order valence-corrected chi connectivity index (χ4v) is 3.95. The Morgan fingerprint density at radius 1 is 1.09 bits per heavy atom. The molecule has 0 saturated carbocycles. The Morgan fingerprint density at radius 3 is 2.70 bits per heavy atom. The zero-order valence-electron chi connectivity index (χ0n) is 23.5. The molecule has 0 N–H and O–H groups in total. The summed E-state index contributed by atoms with van der Waals surface area (Å²) in [6.45, 7) is -1.99. The van der Waals surface area contributed by atoms with E-state index in [0.717, 1.165) is 0 Å². The number of hydrogen-bond donors (Lipinski definition) is 0. The summed E-state index contributed by atoms with van der Waals surface area (Å²) in [5, 5.41) is 0. The summed E-state index contributed by atoms with van der Waals surface area (Å²) in [6.07, 6.45) is -0.324. The van der Waals surface area contributed by atoms with Gasteiger partial charge in [0.15, 0.2) is 11.5 Å². The first-order valence-corrected chi connectivity index (χ1v) is 10.5. The standard InChI is InChI=1S/C26H24FNO5/c27-20-8-6-18(7-9-20)23-12-13-28(26(29)33-21-4-2-1-3-5-21)15-19(23)16-30-22-10-11-24-25(14-22)32-17-31-24/h1-11,14,19,23H,12-13,15-17H2/t19-,23-/m0/s1/i6D,7D,8D,9D,17D2. The molecule has 0 radical (unpaired) electrons. The van der Waals surface area contributed by atoms with Gasteiger partial charge in [0.05, 0.1) is 12.1 Å². The first-order chi connectivity index (χ1) is 18.5. The summed E-state index contributed by atoms with van der Waals surface area (Å²) in [6, 6.07) is 10.7. The van der Waals surface area contributed by atoms with Crippen molar-refractivity contribution in [1.29, 1.82) is 0 Å². The average Bonchev–Trinajstić information content (AvgIpc) is 3.23. The minimum Gasteiger partial charge on any atom is -0.493 e. The number of nitrogens with zero attached hydrogens (tertiary/aromatic N) is 1. The second-order valence-electron chi connectivity index (χ2n) is 7.72. The number of rotatable bonds is 5. The molecule has 1 amide bonds. The van der Waals surface area contributed by atoms with Crippen LogP contribution in [0, 0.1) is 11.7 Å². The Balaban J connectivity index is 1.40. The highest BCUT2D eigenvalue weighted by Gasteiger charge is 2.34. The van der Waals surface area contributed by atoms with Crippen molar-refractivity contribution in [3.05, 3.63) is 84.1 Å². The lowest BCUT2D eigenvalue weighted by molar-refractivity contribution is 0.0982. The van der Waals surface area contributed by atoms with Crippen molar-refractivity contribution >= 4 is 6.09 Å². The first kappa shape index (κ1) is 15.2. The van der Waals surface area contributed by atoms with Crippen LogP contribution in [0.15, 0.2) is 72.7 Å². The van der Waals surface area contributed by atoms with Gasteiger partial charge in [-0.3, -0.25) is 0 Å². The molecule has 0 unspecified atom stereocenters. The molecule has 33 heavy (non-hydrogen) atoms. The minimum atomic E-state index is -2.30. The number of likely N-dealkylation sites (tertiary alicyclic amines) is 1. The molecule has 2 aliphatic heterocycles. The summed E-state index contributed by atoms with van der Waals surface area (Å²) in [4.78, 5) is 14.4. The lowest BCUT2D eigenvalue weighted by atomic mass is 9.81. The molecule has 1 saturated heterocycles. The van der Waals surface area contributed by atoms with Crippen LogP contribution in [0.4, 0.5) is 9.18 Å². The van der Waals surface area contributed by atoms with Crippen LogP contribution in [0.5, 0.6) is 23.0 Å². The lowest BCUT2D eigenvalue weighted by Crippen LogP contribution is -2.46. The van der Waals surface area contributed by atoms with Crippen molar-refractivity contribution in [1.82, 2.24) is 4.90 Å². The van der Waals surface area contributed by atoms with Gasteiger partial charge in [0.1, 0.15) is 20.1 Å². The largest absolute Gasteiger partial charge is 0.493 e. The van der Waals surface area contributed by atoms with Crippen molar-refractivity contribution in [2.75, 3.05) is 26.4 Å². The van der Waals surface area contributed by atoms with Gasteiger partial charge in [-0.15, -0.1) is 0 Å². The molecule has 2 heterocycles. The lowest BCUT2D eigenvalue weighted by Gasteiger charge is -2.38. The van der Waals surface area contributed by atoms with Crippen LogP contribution < -0.4 is 18.9 Å². The van der Waals surface area contributed by atoms with E-state index in [1.807, 2.05) is 0 Å². The monoisotopic (exact) mass is 455 g/mol. The van der Waals surface area contributed by atoms with E-state index in [4.69, 9.17) is 27.2 Å². The summed E-state index contributed by atoms with van der Waals surface area (Å²) in [7, 11) is 0. The number of halogens is 1. The summed E-state index contributed by atoms with van der Waals surface area (Å²) in [5.74, 6) is -1.24. The van der Waals surface area contributed by atoms with Crippen LogP contribution in [-0.4, -0.2) is 37.4 Å². The smallest absolute Gasteiger partial charge is 0.415 e. The van der Waals surface area contributed by atoms with Gasteiger partial charge in [0.25, 0.3) is 0 Å². The van der Waals surface area contributed by atoms with E-state index in [2.05, 4.69) is 0 Å². The SMILES string of the molecule is [2H]c1c([2H])c([C@@H]2CCN(C(=O)Oc3ccccc3)C[C@H]2COc2ccc3c(c2)OC([2H])([2H])O3)c([2H])c([2H])c1F. The number of fused-ring (bicyclic) bond motifs is 1. The van der Waals surface area contributed by atoms with E-state index in [1.165, 1.54) is 17.0 Å². The molecule has 5 rings (SSSR count). The number of piperidine rings is 1. The molecule has 0 bridgehead atoms. The number of benzene rings is 3. The van der Waals surface area contributed by atoms with Gasteiger partial charge >= 0.3 is 6.09 Å². The molecule has 1 fully saturated rings. The molecule has 6 nitrogen and oxygen atoms in total. The Labute approximate surface area is 199 Å². The fraction of sp³-hybridized carbons (Fsp3) is 0.269. The highest BCUT2D eigenvalue weighted by atomic mass is 19.1. The van der Waals surface area contributed by atoms with Crippen LogP contribution in [0.25, 0.3) is 0 Å². The fourth-order valence-electron chi connectivity index (χ4n) is 3.95. The summed E-state index contributed by atoms with van der Waals surface area (Å²) < 4.78 is 83.7. The normalized spacial score (nSPS) is 23.4. The Morgan fingerprint density at radius 2 is 1.88 bits per heavy atom. The number of carbonyl (C=O) groups excluding carboxylic acids is 1. The second kappa shape index (κ2) is 9.40. The molecule has 3 aromatic rings. The van der Waals surface area contributed by atoms with E-state index in [1.54, 1.807) is 36.4 Å². The van der Waals surface area contributed by atoms with Gasteiger partial charge in [0, 0.05) is 25.1 Å². The predicted octanol–water partition coefficient (Wildman–Crippen LogP) is 5.24. The molecule has 2 atom stereocenters. The maximum atomic E-state index is 14.2. The number of hydrogen-bond acceptors (Lipinski definition) is 5. The average molecular weight is 456 g/mol. The van der Waals surface area contributed by atoms with Gasteiger partial charge in [-0.05, 0) is 54.3 Å².